The maximum atomic E-state index is 9.46. The molecule has 0 unspecified atom stereocenters. The molecule has 0 aliphatic heterocycles. The van der Waals surface area contributed by atoms with Crippen LogP contribution in [0.15, 0.2) is 29.4 Å². The van der Waals surface area contributed by atoms with Crippen LogP contribution in [-0.4, -0.2) is 17.9 Å². The first-order valence-electron chi connectivity index (χ1n) is 5.90. The Morgan fingerprint density at radius 3 is 2.82 bits per heavy atom. The molecule has 0 heterocycles. The van der Waals surface area contributed by atoms with E-state index in [0.717, 1.165) is 36.1 Å². The number of allylic oxidation sites excluding steroid dienone is 1. The molecule has 0 spiro atoms. The van der Waals surface area contributed by atoms with Crippen LogP contribution in [0, 0.1) is 6.92 Å². The lowest BCUT2D eigenvalue weighted by molar-refractivity contribution is 0.471. The lowest BCUT2D eigenvalue weighted by atomic mass is 10.0. The van der Waals surface area contributed by atoms with Gasteiger partial charge in [0.05, 0.1) is 0 Å². The Balaban J connectivity index is 2.80. The molecule has 0 aromatic heterocycles. The minimum Gasteiger partial charge on any atom is -0.508 e. The molecule has 1 aromatic carbocycles. The fourth-order valence-corrected chi connectivity index (χ4v) is 1.46. The molecular weight excluding hydrogens is 212 g/mol. The normalized spacial score (nSPS) is 12.2. The van der Waals surface area contributed by atoms with Crippen LogP contribution in [0.3, 0.4) is 0 Å². The van der Waals surface area contributed by atoms with Gasteiger partial charge in [-0.1, -0.05) is 19.4 Å². The van der Waals surface area contributed by atoms with Gasteiger partial charge in [0, 0.05) is 24.5 Å². The summed E-state index contributed by atoms with van der Waals surface area (Å²) in [6.45, 7) is 4.82. The fourth-order valence-electron chi connectivity index (χ4n) is 1.46. The Kier molecular flexibility index (Phi) is 5.27. The number of phenolic OH excluding ortho intramolecular Hbond substituents is 1. The molecule has 0 aliphatic rings. The maximum absolute atomic E-state index is 9.46. The number of unbranched alkanes of at least 4 members (excludes halogenated alkanes) is 1. The van der Waals surface area contributed by atoms with Crippen molar-refractivity contribution in [2.24, 2.45) is 10.7 Å². The van der Waals surface area contributed by atoms with Crippen LogP contribution in [0.2, 0.25) is 0 Å². The van der Waals surface area contributed by atoms with Crippen molar-refractivity contribution in [2.45, 2.75) is 26.7 Å². The van der Waals surface area contributed by atoms with E-state index in [-0.39, 0.29) is 0 Å². The fraction of sp³-hybridized carbons (Fsp3) is 0.357. The molecule has 0 saturated carbocycles. The van der Waals surface area contributed by atoms with Gasteiger partial charge >= 0.3 is 0 Å². The molecule has 3 N–H and O–H groups in total. The van der Waals surface area contributed by atoms with Crippen LogP contribution in [0.5, 0.6) is 5.75 Å². The number of aryl methyl sites for hydroxylation is 1. The molecule has 0 atom stereocenters. The summed E-state index contributed by atoms with van der Waals surface area (Å²) in [7, 11) is 0. The molecule has 1 aromatic rings. The van der Waals surface area contributed by atoms with Gasteiger partial charge in [-0.05, 0) is 36.6 Å². The largest absolute Gasteiger partial charge is 0.508 e. The van der Waals surface area contributed by atoms with Gasteiger partial charge in [-0.25, -0.2) is 0 Å². The summed E-state index contributed by atoms with van der Waals surface area (Å²) in [5.41, 5.74) is 8.28. The van der Waals surface area contributed by atoms with Gasteiger partial charge in [0.15, 0.2) is 0 Å². The first kappa shape index (κ1) is 13.3. The molecule has 1 rings (SSSR count). The quantitative estimate of drug-likeness (QED) is 0.605. The number of aromatic hydroxyl groups is 1. The van der Waals surface area contributed by atoms with Crippen LogP contribution in [-0.2, 0) is 0 Å². The van der Waals surface area contributed by atoms with Crippen LogP contribution in [0.1, 0.15) is 30.9 Å². The van der Waals surface area contributed by atoms with E-state index in [1.807, 2.05) is 19.1 Å². The average Bonchev–Trinajstić information content (AvgIpc) is 2.33. The zero-order valence-corrected chi connectivity index (χ0v) is 10.5. The highest BCUT2D eigenvalue weighted by molar-refractivity contribution is 6.09. The van der Waals surface area contributed by atoms with Crippen molar-refractivity contribution in [1.29, 1.82) is 0 Å². The third-order valence-corrected chi connectivity index (χ3v) is 2.58. The smallest absolute Gasteiger partial charge is 0.118 e. The minimum absolute atomic E-state index is 0.299. The van der Waals surface area contributed by atoms with Gasteiger partial charge < -0.3 is 10.8 Å². The SMILES string of the molecule is CCCCN=CC(=CN)c1ccc(O)c(C)c1. The number of aliphatic imine (C=N–C) groups is 1. The van der Waals surface area contributed by atoms with Crippen LogP contribution < -0.4 is 5.73 Å². The lowest BCUT2D eigenvalue weighted by Crippen LogP contribution is -1.93. The summed E-state index contributed by atoms with van der Waals surface area (Å²) in [5.74, 6) is 0.299. The van der Waals surface area contributed by atoms with E-state index in [1.54, 1.807) is 18.5 Å². The van der Waals surface area contributed by atoms with E-state index >= 15 is 0 Å². The second kappa shape index (κ2) is 6.74. The van der Waals surface area contributed by atoms with E-state index < -0.39 is 0 Å². The molecule has 0 amide bonds. The molecule has 0 radical (unpaired) electrons. The summed E-state index contributed by atoms with van der Waals surface area (Å²) < 4.78 is 0. The molecule has 3 nitrogen and oxygen atoms in total. The van der Waals surface area contributed by atoms with Crippen molar-refractivity contribution >= 4 is 11.8 Å². The zero-order chi connectivity index (χ0) is 12.7. The number of benzene rings is 1. The van der Waals surface area contributed by atoms with Crippen LogP contribution >= 0.6 is 0 Å². The van der Waals surface area contributed by atoms with E-state index in [1.165, 1.54) is 0 Å². The monoisotopic (exact) mass is 232 g/mol. The Hall–Kier alpha value is -1.77. The first-order chi connectivity index (χ1) is 8.19. The second-order valence-electron chi connectivity index (χ2n) is 4.01. The van der Waals surface area contributed by atoms with Crippen molar-refractivity contribution in [3.8, 4) is 5.75 Å². The van der Waals surface area contributed by atoms with Crippen molar-refractivity contribution in [1.82, 2.24) is 0 Å². The molecule has 3 heteroatoms. The first-order valence-corrected chi connectivity index (χ1v) is 5.90. The number of rotatable bonds is 5. The summed E-state index contributed by atoms with van der Waals surface area (Å²) in [6, 6.07) is 5.42. The minimum atomic E-state index is 0.299. The molecule has 0 fully saturated rings. The summed E-state index contributed by atoms with van der Waals surface area (Å²) in [4.78, 5) is 4.32. The molecule has 17 heavy (non-hydrogen) atoms. The number of hydrogen-bond acceptors (Lipinski definition) is 3. The summed E-state index contributed by atoms with van der Waals surface area (Å²) >= 11 is 0. The highest BCUT2D eigenvalue weighted by Gasteiger charge is 2.01. The maximum Gasteiger partial charge on any atom is 0.118 e. The van der Waals surface area contributed by atoms with E-state index in [2.05, 4.69) is 11.9 Å². The van der Waals surface area contributed by atoms with Crippen molar-refractivity contribution in [3.63, 3.8) is 0 Å². The van der Waals surface area contributed by atoms with Crippen LogP contribution in [0.4, 0.5) is 0 Å². The van der Waals surface area contributed by atoms with Crippen LogP contribution in [0.25, 0.3) is 5.57 Å². The summed E-state index contributed by atoms with van der Waals surface area (Å²) in [6.07, 6.45) is 5.56. The third kappa shape index (κ3) is 3.94. The third-order valence-electron chi connectivity index (χ3n) is 2.58. The van der Waals surface area contributed by atoms with Gasteiger partial charge in [0.1, 0.15) is 5.75 Å². The Labute approximate surface area is 103 Å². The van der Waals surface area contributed by atoms with Gasteiger partial charge in [-0.2, -0.15) is 0 Å². The highest BCUT2D eigenvalue weighted by Crippen LogP contribution is 2.20. The standard InChI is InChI=1S/C14H20N2O/c1-3-4-7-16-10-13(9-15)12-5-6-14(17)11(2)8-12/h5-6,8-10,17H,3-4,7,15H2,1-2H3. The number of phenols is 1. The van der Waals surface area contributed by atoms with Crippen molar-refractivity contribution in [3.05, 3.63) is 35.5 Å². The predicted octanol–water partition coefficient (Wildman–Crippen LogP) is 2.87. The van der Waals surface area contributed by atoms with Crippen molar-refractivity contribution in [2.75, 3.05) is 6.54 Å². The van der Waals surface area contributed by atoms with Gasteiger partial charge in [0.25, 0.3) is 0 Å². The van der Waals surface area contributed by atoms with Gasteiger partial charge in [0.2, 0.25) is 0 Å². The van der Waals surface area contributed by atoms with Gasteiger partial charge in [-0.15, -0.1) is 0 Å². The molecule has 92 valence electrons. The van der Waals surface area contributed by atoms with Crippen molar-refractivity contribution < 1.29 is 5.11 Å². The molecule has 0 aliphatic carbocycles. The number of nitrogens with zero attached hydrogens (tertiary/aromatic N) is 1. The molecular formula is C14H20N2O. The Morgan fingerprint density at radius 2 is 2.24 bits per heavy atom. The molecule has 0 bridgehead atoms. The number of hydrogen-bond donors (Lipinski definition) is 2. The lowest BCUT2D eigenvalue weighted by Gasteiger charge is -2.04. The van der Waals surface area contributed by atoms with Gasteiger partial charge in [-0.3, -0.25) is 4.99 Å². The highest BCUT2D eigenvalue weighted by atomic mass is 16.3. The Bertz CT molecular complexity index is 422. The Morgan fingerprint density at radius 1 is 1.47 bits per heavy atom. The van der Waals surface area contributed by atoms with E-state index in [4.69, 9.17) is 5.73 Å². The van der Waals surface area contributed by atoms with E-state index in [0.29, 0.717) is 5.75 Å². The van der Waals surface area contributed by atoms with E-state index in [9.17, 15) is 5.11 Å². The average molecular weight is 232 g/mol. The zero-order valence-electron chi connectivity index (χ0n) is 10.5. The topological polar surface area (TPSA) is 58.6 Å². The second-order valence-corrected chi connectivity index (χ2v) is 4.01. The molecule has 0 saturated heterocycles. The predicted molar refractivity (Wildman–Crippen MR) is 73.3 cm³/mol. The summed E-state index contributed by atoms with van der Waals surface area (Å²) in [5, 5.41) is 9.46. The number of nitrogens with two attached hydrogens (primary N) is 1.